The maximum absolute atomic E-state index is 4.45. The number of hydrogen-bond acceptors (Lipinski definition) is 4. The molecular formula is C19H20N4S. The molecule has 2 heterocycles. The third-order valence-electron chi connectivity index (χ3n) is 4.59. The van der Waals surface area contributed by atoms with E-state index in [0.717, 1.165) is 16.5 Å². The topological polar surface area (TPSA) is 43.6 Å². The van der Waals surface area contributed by atoms with Gasteiger partial charge in [0.2, 0.25) is 0 Å². The average molecular weight is 336 g/mol. The predicted octanol–water partition coefficient (Wildman–Crippen LogP) is 4.44. The molecule has 0 saturated carbocycles. The van der Waals surface area contributed by atoms with E-state index in [4.69, 9.17) is 0 Å². The van der Waals surface area contributed by atoms with Crippen LogP contribution in [0.25, 0.3) is 11.4 Å². The molecule has 4 nitrogen and oxygen atoms in total. The maximum atomic E-state index is 4.45. The second-order valence-electron chi connectivity index (χ2n) is 6.15. The van der Waals surface area contributed by atoms with Gasteiger partial charge >= 0.3 is 0 Å². The first-order valence-corrected chi connectivity index (χ1v) is 9.25. The summed E-state index contributed by atoms with van der Waals surface area (Å²) in [5, 5.41) is 10.3. The number of aromatic nitrogens is 4. The number of rotatable bonds is 3. The predicted molar refractivity (Wildman–Crippen MR) is 96.8 cm³/mol. The van der Waals surface area contributed by atoms with E-state index in [1.165, 1.54) is 36.8 Å². The summed E-state index contributed by atoms with van der Waals surface area (Å²) in [7, 11) is 2.04. The Hall–Kier alpha value is -2.14. The highest BCUT2D eigenvalue weighted by Gasteiger charge is 2.22. The van der Waals surface area contributed by atoms with Crippen LogP contribution in [0.15, 0.2) is 53.9 Å². The van der Waals surface area contributed by atoms with E-state index in [9.17, 15) is 0 Å². The minimum Gasteiger partial charge on any atom is -0.305 e. The van der Waals surface area contributed by atoms with Crippen LogP contribution in [-0.4, -0.2) is 19.7 Å². The molecule has 3 aromatic rings. The molecule has 0 amide bonds. The van der Waals surface area contributed by atoms with Gasteiger partial charge in [0, 0.05) is 30.3 Å². The number of thioether (sulfide) groups is 1. The van der Waals surface area contributed by atoms with Crippen LogP contribution in [-0.2, 0) is 13.5 Å². The van der Waals surface area contributed by atoms with Crippen molar-refractivity contribution in [2.75, 3.05) is 0 Å². The van der Waals surface area contributed by atoms with Gasteiger partial charge in [0.15, 0.2) is 11.0 Å². The molecule has 0 radical (unpaired) electrons. The van der Waals surface area contributed by atoms with E-state index in [2.05, 4.69) is 44.0 Å². The quantitative estimate of drug-likeness (QED) is 0.663. The van der Waals surface area contributed by atoms with E-state index >= 15 is 0 Å². The minimum atomic E-state index is 0.455. The lowest BCUT2D eigenvalue weighted by Gasteiger charge is -2.16. The summed E-state index contributed by atoms with van der Waals surface area (Å²) < 4.78 is 2.09. The van der Waals surface area contributed by atoms with Crippen LogP contribution < -0.4 is 0 Å². The van der Waals surface area contributed by atoms with Crippen LogP contribution in [0.2, 0.25) is 0 Å². The van der Waals surface area contributed by atoms with Crippen molar-refractivity contribution >= 4 is 11.8 Å². The van der Waals surface area contributed by atoms with E-state index in [-0.39, 0.29) is 0 Å². The Balaban J connectivity index is 1.64. The molecule has 24 heavy (non-hydrogen) atoms. The second-order valence-corrected chi connectivity index (χ2v) is 7.32. The Kier molecular flexibility index (Phi) is 4.34. The molecule has 5 heteroatoms. The Morgan fingerprint density at radius 3 is 2.75 bits per heavy atom. The number of benzene rings is 1. The largest absolute Gasteiger partial charge is 0.305 e. The van der Waals surface area contributed by atoms with E-state index in [0.29, 0.717) is 5.25 Å². The molecule has 2 aromatic heterocycles. The highest BCUT2D eigenvalue weighted by atomic mass is 32.2. The second kappa shape index (κ2) is 6.77. The molecule has 0 aliphatic heterocycles. The zero-order valence-corrected chi connectivity index (χ0v) is 14.5. The van der Waals surface area contributed by atoms with Gasteiger partial charge in [-0.05, 0) is 42.5 Å². The number of hydrogen-bond donors (Lipinski definition) is 0. The zero-order chi connectivity index (χ0) is 16.4. The lowest BCUT2D eigenvalue weighted by Crippen LogP contribution is -2.00. The summed E-state index contributed by atoms with van der Waals surface area (Å²) >= 11 is 1.84. The Morgan fingerprint density at radius 1 is 1.04 bits per heavy atom. The standard InChI is InChI=1S/C19H20N4S/c1-23-18(15-10-12-20-13-11-15)21-22-19(23)24-17-9-5-3-7-14-6-2-4-8-16(14)17/h2,4,6,8,10-13,17H,3,5,7,9H2,1H3/t17-/m0/s1. The molecule has 0 unspecified atom stereocenters. The Bertz CT molecular complexity index is 828. The van der Waals surface area contributed by atoms with Crippen LogP contribution in [0.5, 0.6) is 0 Å². The van der Waals surface area contributed by atoms with Gasteiger partial charge in [-0.1, -0.05) is 42.4 Å². The third kappa shape index (κ3) is 2.96. The van der Waals surface area contributed by atoms with Crippen molar-refractivity contribution in [3.63, 3.8) is 0 Å². The summed E-state index contributed by atoms with van der Waals surface area (Å²) in [4.78, 5) is 4.07. The number of aryl methyl sites for hydroxylation is 1. The molecule has 0 bridgehead atoms. The van der Waals surface area contributed by atoms with Gasteiger partial charge in [0.25, 0.3) is 0 Å². The summed E-state index contributed by atoms with van der Waals surface area (Å²) in [6.07, 6.45) is 8.50. The first-order chi connectivity index (χ1) is 11.8. The van der Waals surface area contributed by atoms with Gasteiger partial charge in [-0.2, -0.15) is 0 Å². The van der Waals surface area contributed by atoms with Crippen LogP contribution >= 0.6 is 11.8 Å². The first kappa shape index (κ1) is 15.4. The molecule has 1 aromatic carbocycles. The Morgan fingerprint density at radius 2 is 1.88 bits per heavy atom. The fraction of sp³-hybridized carbons (Fsp3) is 0.316. The molecular weight excluding hydrogens is 316 g/mol. The molecule has 1 aliphatic carbocycles. The summed E-state index contributed by atoms with van der Waals surface area (Å²) in [5.41, 5.74) is 4.01. The summed E-state index contributed by atoms with van der Waals surface area (Å²) in [5.74, 6) is 0.891. The molecule has 4 rings (SSSR count). The molecule has 1 aliphatic rings. The summed E-state index contributed by atoms with van der Waals surface area (Å²) in [6, 6.07) is 12.8. The zero-order valence-electron chi connectivity index (χ0n) is 13.7. The van der Waals surface area contributed by atoms with Crippen molar-refractivity contribution in [2.45, 2.75) is 36.1 Å². The molecule has 0 N–H and O–H groups in total. The molecule has 122 valence electrons. The van der Waals surface area contributed by atoms with Gasteiger partial charge in [-0.25, -0.2) is 0 Å². The molecule has 0 saturated heterocycles. The number of fused-ring (bicyclic) bond motifs is 1. The molecule has 0 fully saturated rings. The fourth-order valence-electron chi connectivity index (χ4n) is 3.30. The first-order valence-electron chi connectivity index (χ1n) is 8.37. The van der Waals surface area contributed by atoms with Crippen molar-refractivity contribution < 1.29 is 0 Å². The molecule has 1 atom stereocenters. The average Bonchev–Trinajstić information content (AvgIpc) is 2.86. The van der Waals surface area contributed by atoms with Crippen LogP contribution in [0.1, 0.15) is 35.6 Å². The van der Waals surface area contributed by atoms with E-state index < -0.39 is 0 Å². The monoisotopic (exact) mass is 336 g/mol. The van der Waals surface area contributed by atoms with Crippen LogP contribution in [0, 0.1) is 0 Å². The van der Waals surface area contributed by atoms with Gasteiger partial charge in [0.1, 0.15) is 0 Å². The smallest absolute Gasteiger partial charge is 0.191 e. The normalized spacial score (nSPS) is 17.3. The lowest BCUT2D eigenvalue weighted by atomic mass is 10.0. The van der Waals surface area contributed by atoms with E-state index in [1.54, 1.807) is 12.4 Å². The minimum absolute atomic E-state index is 0.455. The van der Waals surface area contributed by atoms with Crippen molar-refractivity contribution in [3.8, 4) is 11.4 Å². The number of nitrogens with zero attached hydrogens (tertiary/aromatic N) is 4. The van der Waals surface area contributed by atoms with Crippen molar-refractivity contribution in [2.24, 2.45) is 7.05 Å². The van der Waals surface area contributed by atoms with Gasteiger partial charge < -0.3 is 4.57 Å². The maximum Gasteiger partial charge on any atom is 0.191 e. The van der Waals surface area contributed by atoms with Crippen molar-refractivity contribution in [1.29, 1.82) is 0 Å². The van der Waals surface area contributed by atoms with Gasteiger partial charge in [-0.15, -0.1) is 10.2 Å². The molecule has 0 spiro atoms. The highest BCUT2D eigenvalue weighted by Crippen LogP contribution is 2.42. The third-order valence-corrected chi connectivity index (χ3v) is 5.93. The fourth-order valence-corrected chi connectivity index (χ4v) is 4.52. The van der Waals surface area contributed by atoms with Gasteiger partial charge in [0.05, 0.1) is 0 Å². The van der Waals surface area contributed by atoms with Crippen molar-refractivity contribution in [1.82, 2.24) is 19.7 Å². The van der Waals surface area contributed by atoms with Crippen LogP contribution in [0.4, 0.5) is 0 Å². The van der Waals surface area contributed by atoms with Crippen LogP contribution in [0.3, 0.4) is 0 Å². The summed E-state index contributed by atoms with van der Waals surface area (Å²) in [6.45, 7) is 0. The number of pyridine rings is 1. The van der Waals surface area contributed by atoms with E-state index in [1.807, 2.05) is 30.9 Å². The van der Waals surface area contributed by atoms with Crippen molar-refractivity contribution in [3.05, 3.63) is 59.9 Å². The lowest BCUT2D eigenvalue weighted by molar-refractivity contribution is 0.699. The SMILES string of the molecule is Cn1c(S[C@H]2CCCCc3ccccc32)nnc1-c1ccncc1. The van der Waals surface area contributed by atoms with Gasteiger partial charge in [-0.3, -0.25) is 4.98 Å². The Labute approximate surface area is 146 Å². The highest BCUT2D eigenvalue weighted by molar-refractivity contribution is 7.99.